The molecule has 0 saturated carbocycles. The predicted molar refractivity (Wildman–Crippen MR) is 108 cm³/mol. The normalized spacial score (nSPS) is 10.3. The number of carbonyl (C=O) groups is 1. The molecule has 0 radical (unpaired) electrons. The first-order valence-corrected chi connectivity index (χ1v) is 8.53. The van der Waals surface area contributed by atoms with Crippen LogP contribution < -0.4 is 16.4 Å². The van der Waals surface area contributed by atoms with Gasteiger partial charge >= 0.3 is 0 Å². The highest BCUT2D eigenvalue weighted by atomic mass is 16.1. The SMILES string of the molecule is Cc1ccc(NC(=O)c2ccccc2NCc2ccc(C(=N)N)cc2)nc1. The average Bonchev–Trinajstić information content (AvgIpc) is 2.68. The van der Waals surface area contributed by atoms with E-state index in [1.54, 1.807) is 30.5 Å². The Balaban J connectivity index is 1.70. The molecule has 0 unspecified atom stereocenters. The van der Waals surface area contributed by atoms with Gasteiger partial charge < -0.3 is 16.4 Å². The second-order valence-electron chi connectivity index (χ2n) is 6.18. The number of anilines is 2. The van der Waals surface area contributed by atoms with E-state index in [2.05, 4.69) is 15.6 Å². The van der Waals surface area contributed by atoms with Crippen LogP contribution in [-0.4, -0.2) is 16.7 Å². The average molecular weight is 359 g/mol. The predicted octanol–water partition coefficient (Wildman–Crippen LogP) is 3.54. The van der Waals surface area contributed by atoms with Crippen molar-refractivity contribution in [3.63, 3.8) is 0 Å². The summed E-state index contributed by atoms with van der Waals surface area (Å²) in [5.74, 6) is 0.336. The van der Waals surface area contributed by atoms with Crippen molar-refractivity contribution in [3.8, 4) is 0 Å². The molecule has 0 atom stereocenters. The van der Waals surface area contributed by atoms with Crippen molar-refractivity contribution in [2.75, 3.05) is 10.6 Å². The maximum atomic E-state index is 12.6. The monoisotopic (exact) mass is 359 g/mol. The lowest BCUT2D eigenvalue weighted by Gasteiger charge is -2.12. The van der Waals surface area contributed by atoms with E-state index in [1.807, 2.05) is 43.3 Å². The number of nitrogens with zero attached hydrogens (tertiary/aromatic N) is 1. The number of amides is 1. The van der Waals surface area contributed by atoms with Gasteiger partial charge in [0.2, 0.25) is 0 Å². The Labute approximate surface area is 158 Å². The first-order valence-electron chi connectivity index (χ1n) is 8.53. The lowest BCUT2D eigenvalue weighted by atomic mass is 10.1. The van der Waals surface area contributed by atoms with Crippen LogP contribution in [0.1, 0.15) is 27.0 Å². The van der Waals surface area contributed by atoms with Crippen LogP contribution in [0.3, 0.4) is 0 Å². The third kappa shape index (κ3) is 4.70. The van der Waals surface area contributed by atoms with E-state index in [0.717, 1.165) is 16.8 Å². The van der Waals surface area contributed by atoms with Gasteiger partial charge in [-0.05, 0) is 36.2 Å². The van der Waals surface area contributed by atoms with Gasteiger partial charge in [-0.3, -0.25) is 10.2 Å². The van der Waals surface area contributed by atoms with E-state index >= 15 is 0 Å². The molecular formula is C21H21N5O. The fourth-order valence-electron chi connectivity index (χ4n) is 2.56. The zero-order valence-corrected chi connectivity index (χ0v) is 15.0. The summed E-state index contributed by atoms with van der Waals surface area (Å²) >= 11 is 0. The van der Waals surface area contributed by atoms with Gasteiger partial charge in [-0.2, -0.15) is 0 Å². The molecule has 0 aliphatic rings. The maximum Gasteiger partial charge on any atom is 0.258 e. The van der Waals surface area contributed by atoms with Gasteiger partial charge in [0.1, 0.15) is 11.7 Å². The molecule has 0 bridgehead atoms. The number of nitrogens with one attached hydrogen (secondary N) is 3. The first-order chi connectivity index (χ1) is 13.0. The maximum absolute atomic E-state index is 12.6. The van der Waals surface area contributed by atoms with Gasteiger partial charge in [0.05, 0.1) is 5.56 Å². The van der Waals surface area contributed by atoms with Gasteiger partial charge in [0.15, 0.2) is 0 Å². The third-order valence-electron chi connectivity index (χ3n) is 4.07. The summed E-state index contributed by atoms with van der Waals surface area (Å²) < 4.78 is 0. The second kappa shape index (κ2) is 8.14. The second-order valence-corrected chi connectivity index (χ2v) is 6.18. The van der Waals surface area contributed by atoms with Crippen LogP contribution in [0.2, 0.25) is 0 Å². The van der Waals surface area contributed by atoms with Gasteiger partial charge in [-0.1, -0.05) is 42.5 Å². The van der Waals surface area contributed by atoms with Crippen molar-refractivity contribution in [3.05, 3.63) is 89.1 Å². The Morgan fingerprint density at radius 1 is 1.07 bits per heavy atom. The number of hydrogen-bond acceptors (Lipinski definition) is 4. The minimum atomic E-state index is -0.221. The summed E-state index contributed by atoms with van der Waals surface area (Å²) in [4.78, 5) is 16.8. The highest BCUT2D eigenvalue weighted by molar-refractivity contribution is 6.07. The van der Waals surface area contributed by atoms with Crippen LogP contribution in [0.25, 0.3) is 0 Å². The van der Waals surface area contributed by atoms with E-state index in [0.29, 0.717) is 23.5 Å². The van der Waals surface area contributed by atoms with E-state index in [-0.39, 0.29) is 11.7 Å². The molecule has 5 N–H and O–H groups in total. The number of para-hydroxylation sites is 1. The van der Waals surface area contributed by atoms with E-state index in [9.17, 15) is 4.79 Å². The van der Waals surface area contributed by atoms with Crippen molar-refractivity contribution in [2.45, 2.75) is 13.5 Å². The number of hydrogen-bond donors (Lipinski definition) is 4. The van der Waals surface area contributed by atoms with Crippen molar-refractivity contribution in [2.24, 2.45) is 5.73 Å². The van der Waals surface area contributed by atoms with Crippen LogP contribution in [0.5, 0.6) is 0 Å². The Kier molecular flexibility index (Phi) is 5.47. The zero-order chi connectivity index (χ0) is 19.2. The van der Waals surface area contributed by atoms with Gasteiger partial charge in [0, 0.05) is 24.0 Å². The van der Waals surface area contributed by atoms with Gasteiger partial charge in [-0.15, -0.1) is 0 Å². The molecule has 0 aliphatic heterocycles. The third-order valence-corrected chi connectivity index (χ3v) is 4.07. The molecule has 2 aromatic carbocycles. The van der Waals surface area contributed by atoms with Gasteiger partial charge in [0.25, 0.3) is 5.91 Å². The molecule has 3 aromatic rings. The molecule has 1 amide bonds. The van der Waals surface area contributed by atoms with Crippen LogP contribution in [0, 0.1) is 12.3 Å². The zero-order valence-electron chi connectivity index (χ0n) is 15.0. The van der Waals surface area contributed by atoms with Crippen LogP contribution in [0.4, 0.5) is 11.5 Å². The fraction of sp³-hybridized carbons (Fsp3) is 0.0952. The number of carbonyl (C=O) groups excluding carboxylic acids is 1. The number of benzene rings is 2. The quantitative estimate of drug-likeness (QED) is 0.399. The molecule has 0 fully saturated rings. The smallest absolute Gasteiger partial charge is 0.258 e. The molecule has 136 valence electrons. The minimum Gasteiger partial charge on any atom is -0.384 e. The molecule has 0 spiro atoms. The largest absolute Gasteiger partial charge is 0.384 e. The Morgan fingerprint density at radius 3 is 2.48 bits per heavy atom. The Bertz CT molecular complexity index is 949. The summed E-state index contributed by atoms with van der Waals surface area (Å²) in [6.07, 6.45) is 1.71. The lowest BCUT2D eigenvalue weighted by Crippen LogP contribution is -2.15. The fourth-order valence-corrected chi connectivity index (χ4v) is 2.56. The van der Waals surface area contributed by atoms with Crippen molar-refractivity contribution >= 4 is 23.2 Å². The molecule has 1 aromatic heterocycles. The number of rotatable bonds is 6. The van der Waals surface area contributed by atoms with E-state index in [4.69, 9.17) is 11.1 Å². The van der Waals surface area contributed by atoms with Crippen LogP contribution in [-0.2, 0) is 6.54 Å². The summed E-state index contributed by atoms with van der Waals surface area (Å²) in [6.45, 7) is 2.49. The molecular weight excluding hydrogens is 338 g/mol. The van der Waals surface area contributed by atoms with Gasteiger partial charge in [-0.25, -0.2) is 4.98 Å². The minimum absolute atomic E-state index is 0.0428. The number of nitrogens with two attached hydrogens (primary N) is 1. The highest BCUT2D eigenvalue weighted by Crippen LogP contribution is 2.18. The number of amidine groups is 1. The Morgan fingerprint density at radius 2 is 1.81 bits per heavy atom. The van der Waals surface area contributed by atoms with Crippen LogP contribution >= 0.6 is 0 Å². The summed E-state index contributed by atoms with van der Waals surface area (Å²) in [6, 6.07) is 18.4. The first kappa shape index (κ1) is 18.1. The lowest BCUT2D eigenvalue weighted by molar-refractivity contribution is 0.102. The topological polar surface area (TPSA) is 104 Å². The summed E-state index contributed by atoms with van der Waals surface area (Å²) in [7, 11) is 0. The summed E-state index contributed by atoms with van der Waals surface area (Å²) in [5, 5.41) is 13.5. The molecule has 3 rings (SSSR count). The van der Waals surface area contributed by atoms with E-state index < -0.39 is 0 Å². The molecule has 6 heteroatoms. The molecule has 1 heterocycles. The highest BCUT2D eigenvalue weighted by Gasteiger charge is 2.11. The number of nitrogen functional groups attached to an aromatic ring is 1. The van der Waals surface area contributed by atoms with Crippen LogP contribution in [0.15, 0.2) is 66.9 Å². The van der Waals surface area contributed by atoms with Crippen molar-refractivity contribution in [1.82, 2.24) is 4.98 Å². The number of aromatic nitrogens is 1. The van der Waals surface area contributed by atoms with E-state index in [1.165, 1.54) is 0 Å². The van der Waals surface area contributed by atoms with Crippen molar-refractivity contribution < 1.29 is 4.79 Å². The summed E-state index contributed by atoms with van der Waals surface area (Å²) in [5.41, 5.74) is 9.49. The molecule has 0 aliphatic carbocycles. The number of pyridine rings is 1. The molecule has 6 nitrogen and oxygen atoms in total. The molecule has 0 saturated heterocycles. The number of aryl methyl sites for hydroxylation is 1. The standard InChI is InChI=1S/C21H21N5O/c1-14-6-11-19(25-12-14)26-21(27)17-4-2-3-5-18(17)24-13-15-7-9-16(10-8-15)20(22)23/h2-12,24H,13H2,1H3,(H3,22,23)(H,25,26,27). The molecule has 27 heavy (non-hydrogen) atoms. The van der Waals surface area contributed by atoms with Crippen molar-refractivity contribution in [1.29, 1.82) is 5.41 Å². The Hall–Kier alpha value is -3.67.